The van der Waals surface area contributed by atoms with E-state index in [0.717, 1.165) is 37.4 Å². The number of carbonyl (C=O) groups excluding carboxylic acids is 2. The summed E-state index contributed by atoms with van der Waals surface area (Å²) < 4.78 is 5.45. The molecule has 2 aromatic carbocycles. The van der Waals surface area contributed by atoms with E-state index >= 15 is 0 Å². The molecule has 0 unspecified atom stereocenters. The molecule has 0 saturated carbocycles. The smallest absolute Gasteiger partial charge is 0.253 e. The number of carbonyl (C=O) groups is 2. The highest BCUT2D eigenvalue weighted by molar-refractivity contribution is 5.96. The molecule has 0 bridgehead atoms. The summed E-state index contributed by atoms with van der Waals surface area (Å²) >= 11 is 0. The van der Waals surface area contributed by atoms with Crippen molar-refractivity contribution in [2.24, 2.45) is 0 Å². The van der Waals surface area contributed by atoms with E-state index in [0.29, 0.717) is 17.9 Å². The number of ether oxygens (including phenoxy) is 1. The Kier molecular flexibility index (Phi) is 7.50. The van der Waals surface area contributed by atoms with Crippen LogP contribution in [0.25, 0.3) is 0 Å². The lowest BCUT2D eigenvalue weighted by atomic mass is 10.1. The Hall–Kier alpha value is -3.02. The highest BCUT2D eigenvalue weighted by Crippen LogP contribution is 2.18. The molecular weight excluding hydrogens is 366 g/mol. The van der Waals surface area contributed by atoms with Crippen molar-refractivity contribution < 1.29 is 14.3 Å². The number of hydrogen-bond acceptors (Lipinski definition) is 4. The number of nitrogens with zero attached hydrogens (tertiary/aromatic N) is 1. The Labute approximate surface area is 172 Å². The van der Waals surface area contributed by atoms with Gasteiger partial charge in [-0.3, -0.25) is 9.59 Å². The van der Waals surface area contributed by atoms with Crippen molar-refractivity contribution >= 4 is 23.2 Å². The predicted octanol–water partition coefficient (Wildman–Crippen LogP) is 4.15. The van der Waals surface area contributed by atoms with E-state index in [-0.39, 0.29) is 18.4 Å². The Morgan fingerprint density at radius 1 is 0.966 bits per heavy atom. The quantitative estimate of drug-likeness (QED) is 0.739. The van der Waals surface area contributed by atoms with Gasteiger partial charge in [-0.05, 0) is 50.1 Å². The maximum atomic E-state index is 12.8. The molecule has 2 N–H and O–H groups in total. The Bertz CT molecular complexity index is 830. The highest BCUT2D eigenvalue weighted by Gasteiger charge is 2.17. The number of amides is 2. The average Bonchev–Trinajstić information content (AvgIpc) is 3.02. The van der Waals surface area contributed by atoms with Crippen molar-refractivity contribution in [3.8, 4) is 5.75 Å². The molecule has 0 spiro atoms. The van der Waals surface area contributed by atoms with Gasteiger partial charge in [0.1, 0.15) is 5.75 Å². The van der Waals surface area contributed by atoms with Gasteiger partial charge in [-0.1, -0.05) is 25.0 Å². The topological polar surface area (TPSA) is 70.7 Å². The van der Waals surface area contributed by atoms with Crippen LogP contribution in [-0.2, 0) is 4.79 Å². The lowest BCUT2D eigenvalue weighted by Gasteiger charge is -2.20. The molecule has 29 heavy (non-hydrogen) atoms. The van der Waals surface area contributed by atoms with Crippen LogP contribution in [0.1, 0.15) is 43.0 Å². The average molecular weight is 396 g/mol. The van der Waals surface area contributed by atoms with Crippen LogP contribution in [0.15, 0.2) is 48.5 Å². The van der Waals surface area contributed by atoms with E-state index in [2.05, 4.69) is 10.6 Å². The second kappa shape index (κ2) is 10.5. The Morgan fingerprint density at radius 2 is 1.69 bits per heavy atom. The van der Waals surface area contributed by atoms with E-state index in [9.17, 15) is 9.59 Å². The number of rotatable bonds is 7. The van der Waals surface area contributed by atoms with Gasteiger partial charge in [0.25, 0.3) is 5.91 Å². The number of nitrogens with one attached hydrogen (secondary N) is 2. The largest absolute Gasteiger partial charge is 0.494 e. The number of anilines is 2. The van der Waals surface area contributed by atoms with Crippen molar-refractivity contribution in [3.63, 3.8) is 0 Å². The molecule has 0 atom stereocenters. The van der Waals surface area contributed by atoms with Gasteiger partial charge < -0.3 is 20.3 Å². The minimum atomic E-state index is -0.164. The lowest BCUT2D eigenvalue weighted by molar-refractivity contribution is -0.114. The molecule has 6 nitrogen and oxygen atoms in total. The molecule has 1 fully saturated rings. The molecule has 0 radical (unpaired) electrons. The SMILES string of the molecule is CCOc1cccc(NC(=O)CNc2cccc(C(=O)N3CCCCCC3)c2)c1. The first-order valence-corrected chi connectivity index (χ1v) is 10.3. The summed E-state index contributed by atoms with van der Waals surface area (Å²) in [7, 11) is 0. The fourth-order valence-electron chi connectivity index (χ4n) is 3.44. The maximum absolute atomic E-state index is 12.8. The third-order valence-electron chi connectivity index (χ3n) is 4.88. The molecule has 1 saturated heterocycles. The summed E-state index contributed by atoms with van der Waals surface area (Å²) in [5.41, 5.74) is 2.10. The van der Waals surface area contributed by atoms with Crippen LogP contribution in [0.2, 0.25) is 0 Å². The molecule has 0 aliphatic carbocycles. The van der Waals surface area contributed by atoms with Crippen molar-refractivity contribution in [2.75, 3.05) is 36.9 Å². The van der Waals surface area contributed by atoms with Crippen molar-refractivity contribution in [1.82, 2.24) is 4.90 Å². The minimum Gasteiger partial charge on any atom is -0.494 e. The van der Waals surface area contributed by atoms with E-state index < -0.39 is 0 Å². The number of likely N-dealkylation sites (tertiary alicyclic amines) is 1. The monoisotopic (exact) mass is 395 g/mol. The van der Waals surface area contributed by atoms with Crippen LogP contribution in [0, 0.1) is 0 Å². The molecule has 154 valence electrons. The summed E-state index contributed by atoms with van der Waals surface area (Å²) in [6.45, 7) is 4.24. The maximum Gasteiger partial charge on any atom is 0.253 e. The van der Waals surface area contributed by atoms with Crippen LogP contribution in [0.5, 0.6) is 5.75 Å². The first kappa shape index (κ1) is 20.7. The fourth-order valence-corrected chi connectivity index (χ4v) is 3.44. The molecule has 6 heteroatoms. The molecular formula is C23H29N3O3. The first-order chi connectivity index (χ1) is 14.2. The van der Waals surface area contributed by atoms with Crippen molar-refractivity contribution in [3.05, 3.63) is 54.1 Å². The molecule has 1 aliphatic heterocycles. The van der Waals surface area contributed by atoms with Crippen LogP contribution in [0.4, 0.5) is 11.4 Å². The van der Waals surface area contributed by atoms with Crippen LogP contribution in [-0.4, -0.2) is 43.0 Å². The summed E-state index contributed by atoms with van der Waals surface area (Å²) in [4.78, 5) is 27.0. The second-order valence-corrected chi connectivity index (χ2v) is 7.15. The molecule has 2 aromatic rings. The molecule has 3 rings (SSSR count). The Balaban J connectivity index is 1.55. The summed E-state index contributed by atoms with van der Waals surface area (Å²) in [6, 6.07) is 14.7. The van der Waals surface area contributed by atoms with Gasteiger partial charge in [-0.2, -0.15) is 0 Å². The van der Waals surface area contributed by atoms with Crippen LogP contribution >= 0.6 is 0 Å². The molecule has 1 aliphatic rings. The predicted molar refractivity (Wildman–Crippen MR) is 116 cm³/mol. The summed E-state index contributed by atoms with van der Waals surface area (Å²) in [5, 5.41) is 5.95. The second-order valence-electron chi connectivity index (χ2n) is 7.15. The van der Waals surface area contributed by atoms with Gasteiger partial charge in [0.15, 0.2) is 0 Å². The lowest BCUT2D eigenvalue weighted by Crippen LogP contribution is -2.31. The zero-order valence-electron chi connectivity index (χ0n) is 16.9. The zero-order chi connectivity index (χ0) is 20.5. The van der Waals surface area contributed by atoms with Crippen molar-refractivity contribution in [1.29, 1.82) is 0 Å². The molecule has 0 aromatic heterocycles. The van der Waals surface area contributed by atoms with E-state index in [1.54, 1.807) is 6.07 Å². The van der Waals surface area contributed by atoms with E-state index in [4.69, 9.17) is 4.74 Å². The highest BCUT2D eigenvalue weighted by atomic mass is 16.5. The number of benzene rings is 2. The standard InChI is InChI=1S/C23H29N3O3/c1-2-29-21-12-8-11-20(16-21)25-22(27)17-24-19-10-7-9-18(15-19)23(28)26-13-5-3-4-6-14-26/h7-12,15-16,24H,2-6,13-14,17H2,1H3,(H,25,27). The van der Waals surface area contributed by atoms with Gasteiger partial charge in [0.05, 0.1) is 13.2 Å². The van der Waals surface area contributed by atoms with Crippen LogP contribution in [0.3, 0.4) is 0 Å². The zero-order valence-corrected chi connectivity index (χ0v) is 16.9. The summed E-state index contributed by atoms with van der Waals surface area (Å²) in [6.07, 6.45) is 4.50. The van der Waals surface area contributed by atoms with Crippen molar-refractivity contribution in [2.45, 2.75) is 32.6 Å². The first-order valence-electron chi connectivity index (χ1n) is 10.3. The van der Waals surface area contributed by atoms with Gasteiger partial charge in [0, 0.05) is 36.1 Å². The van der Waals surface area contributed by atoms with E-state index in [1.165, 1.54) is 12.8 Å². The van der Waals surface area contributed by atoms with Gasteiger partial charge in [0.2, 0.25) is 5.91 Å². The molecule has 2 amide bonds. The minimum absolute atomic E-state index is 0.0627. The molecule has 1 heterocycles. The Morgan fingerprint density at radius 3 is 2.45 bits per heavy atom. The third-order valence-corrected chi connectivity index (χ3v) is 4.88. The number of hydrogen-bond donors (Lipinski definition) is 2. The van der Waals surface area contributed by atoms with Gasteiger partial charge in [-0.15, -0.1) is 0 Å². The van der Waals surface area contributed by atoms with E-state index in [1.807, 2.05) is 54.3 Å². The van der Waals surface area contributed by atoms with Crippen LogP contribution < -0.4 is 15.4 Å². The fraction of sp³-hybridized carbons (Fsp3) is 0.391. The van der Waals surface area contributed by atoms with Gasteiger partial charge in [-0.25, -0.2) is 0 Å². The summed E-state index contributed by atoms with van der Waals surface area (Å²) in [5.74, 6) is 0.619. The van der Waals surface area contributed by atoms with Gasteiger partial charge >= 0.3 is 0 Å². The third kappa shape index (κ3) is 6.24. The normalized spacial score (nSPS) is 14.0.